The molecule has 0 unspecified atom stereocenters. The number of hydrogen-bond acceptors (Lipinski definition) is 2. The molecule has 1 fully saturated rings. The van der Waals surface area contributed by atoms with E-state index < -0.39 is 0 Å². The third-order valence-electron chi connectivity index (χ3n) is 3.12. The maximum Gasteiger partial charge on any atom is 0.0159 e. The van der Waals surface area contributed by atoms with Gasteiger partial charge in [0, 0.05) is 38.1 Å². The molecule has 1 aliphatic heterocycles. The molecule has 3 heteroatoms. The summed E-state index contributed by atoms with van der Waals surface area (Å²) in [7, 11) is 0. The average Bonchev–Trinajstić information content (AvgIpc) is 2.20. The van der Waals surface area contributed by atoms with Crippen molar-refractivity contribution in [1.29, 1.82) is 0 Å². The van der Waals surface area contributed by atoms with Gasteiger partial charge in [-0.3, -0.25) is 4.90 Å². The van der Waals surface area contributed by atoms with E-state index in [2.05, 4.69) is 39.6 Å². The van der Waals surface area contributed by atoms with E-state index in [1.54, 1.807) is 0 Å². The molecule has 0 atom stereocenters. The fraction of sp³-hybridized carbons (Fsp3) is 1.00. The van der Waals surface area contributed by atoms with Gasteiger partial charge in [-0.15, -0.1) is 0 Å². The van der Waals surface area contributed by atoms with Gasteiger partial charge >= 0.3 is 0 Å². The molecule has 1 aliphatic rings. The molecule has 2 nitrogen and oxygen atoms in total. The molecule has 1 heterocycles. The fourth-order valence-electron chi connectivity index (χ4n) is 2.08. The van der Waals surface area contributed by atoms with E-state index >= 15 is 0 Å². The summed E-state index contributed by atoms with van der Waals surface area (Å²) in [6.45, 7) is 12.2. The highest BCUT2D eigenvalue weighted by molar-refractivity contribution is 9.09. The Morgan fingerprint density at radius 1 is 1.00 bits per heavy atom. The first-order chi connectivity index (χ1) is 7.22. The highest BCUT2D eigenvalue weighted by Crippen LogP contribution is 2.07. The highest BCUT2D eigenvalue weighted by atomic mass is 79.9. The van der Waals surface area contributed by atoms with Gasteiger partial charge in [-0.2, -0.15) is 0 Å². The highest BCUT2D eigenvalue weighted by Gasteiger charge is 2.15. The largest absolute Gasteiger partial charge is 0.301 e. The van der Waals surface area contributed by atoms with E-state index in [-0.39, 0.29) is 0 Å². The molecule has 15 heavy (non-hydrogen) atoms. The van der Waals surface area contributed by atoms with Crippen molar-refractivity contribution in [2.75, 3.05) is 44.6 Å². The van der Waals surface area contributed by atoms with Crippen molar-refractivity contribution >= 4 is 15.9 Å². The maximum absolute atomic E-state index is 3.50. The van der Waals surface area contributed by atoms with E-state index in [1.807, 2.05) is 0 Å². The summed E-state index contributed by atoms with van der Waals surface area (Å²) in [5.74, 6) is 0.861. The first-order valence-electron chi connectivity index (χ1n) is 6.23. The minimum atomic E-state index is 0.861. The zero-order valence-electron chi connectivity index (χ0n) is 10.2. The second kappa shape index (κ2) is 7.64. The quantitative estimate of drug-likeness (QED) is 0.688. The van der Waals surface area contributed by atoms with Crippen LogP contribution in [-0.4, -0.2) is 54.4 Å². The normalized spacial score (nSPS) is 20.0. The Bertz CT molecular complexity index is 154. The molecule has 1 saturated heterocycles. The van der Waals surface area contributed by atoms with E-state index in [1.165, 1.54) is 52.1 Å². The molecule has 0 spiro atoms. The molecule has 0 aromatic heterocycles. The van der Waals surface area contributed by atoms with Gasteiger partial charge in [0.05, 0.1) is 0 Å². The van der Waals surface area contributed by atoms with Crippen molar-refractivity contribution in [2.45, 2.75) is 26.7 Å². The zero-order valence-corrected chi connectivity index (χ0v) is 11.8. The molecule has 0 bridgehead atoms. The number of alkyl halides is 1. The van der Waals surface area contributed by atoms with Gasteiger partial charge in [-0.1, -0.05) is 29.8 Å². The lowest BCUT2D eigenvalue weighted by molar-refractivity contribution is 0.136. The zero-order chi connectivity index (χ0) is 11.1. The first-order valence-corrected chi connectivity index (χ1v) is 7.35. The second-order valence-electron chi connectivity index (χ2n) is 4.91. The Kier molecular flexibility index (Phi) is 6.86. The van der Waals surface area contributed by atoms with Gasteiger partial charge in [0.2, 0.25) is 0 Å². The maximum atomic E-state index is 3.50. The van der Waals surface area contributed by atoms with Gasteiger partial charge in [0.25, 0.3) is 0 Å². The minimum Gasteiger partial charge on any atom is -0.301 e. The summed E-state index contributed by atoms with van der Waals surface area (Å²) in [5, 5.41) is 1.11. The fourth-order valence-corrected chi connectivity index (χ4v) is 2.58. The Labute approximate surface area is 103 Å². The lowest BCUT2D eigenvalue weighted by Gasteiger charge is -2.34. The predicted molar refractivity (Wildman–Crippen MR) is 70.7 cm³/mol. The minimum absolute atomic E-state index is 0.861. The number of halogens is 1. The molecule has 0 radical (unpaired) electrons. The van der Waals surface area contributed by atoms with Gasteiger partial charge in [0.15, 0.2) is 0 Å². The Hall–Kier alpha value is 0.400. The molecule has 0 saturated carbocycles. The van der Waals surface area contributed by atoms with Crippen LogP contribution >= 0.6 is 15.9 Å². The topological polar surface area (TPSA) is 6.48 Å². The Morgan fingerprint density at radius 2 is 1.53 bits per heavy atom. The molecular weight excluding hydrogens is 252 g/mol. The van der Waals surface area contributed by atoms with E-state index in [0.717, 1.165) is 11.2 Å². The molecule has 0 aromatic carbocycles. The first kappa shape index (κ1) is 13.5. The van der Waals surface area contributed by atoms with Crippen LogP contribution < -0.4 is 0 Å². The summed E-state index contributed by atoms with van der Waals surface area (Å²) in [6.07, 6.45) is 2.75. The summed E-state index contributed by atoms with van der Waals surface area (Å²) < 4.78 is 0. The SMILES string of the molecule is CC(C)CCCN1CCN(CCBr)CC1. The standard InChI is InChI=1S/C12H25BrN2/c1-12(2)4-3-6-14-8-10-15(7-5-13)11-9-14/h12H,3-11H2,1-2H3. The van der Waals surface area contributed by atoms with Crippen molar-refractivity contribution in [3.05, 3.63) is 0 Å². The lowest BCUT2D eigenvalue weighted by Crippen LogP contribution is -2.47. The van der Waals surface area contributed by atoms with Gasteiger partial charge in [-0.05, 0) is 25.3 Å². The monoisotopic (exact) mass is 276 g/mol. The summed E-state index contributed by atoms with van der Waals surface area (Å²) in [6, 6.07) is 0. The molecule has 1 rings (SSSR count). The average molecular weight is 277 g/mol. The van der Waals surface area contributed by atoms with E-state index in [9.17, 15) is 0 Å². The molecule has 0 N–H and O–H groups in total. The van der Waals surface area contributed by atoms with Gasteiger partial charge in [-0.25, -0.2) is 0 Å². The molecular formula is C12H25BrN2. The molecule has 0 aliphatic carbocycles. The van der Waals surface area contributed by atoms with Crippen LogP contribution in [-0.2, 0) is 0 Å². The van der Waals surface area contributed by atoms with Crippen LogP contribution in [0, 0.1) is 5.92 Å². The van der Waals surface area contributed by atoms with Gasteiger partial charge in [0.1, 0.15) is 0 Å². The van der Waals surface area contributed by atoms with Crippen molar-refractivity contribution < 1.29 is 0 Å². The molecule has 0 amide bonds. The number of hydrogen-bond donors (Lipinski definition) is 0. The van der Waals surface area contributed by atoms with Crippen LogP contribution in [0.1, 0.15) is 26.7 Å². The van der Waals surface area contributed by atoms with Crippen molar-refractivity contribution in [3.63, 3.8) is 0 Å². The van der Waals surface area contributed by atoms with Crippen LogP contribution in [0.15, 0.2) is 0 Å². The van der Waals surface area contributed by atoms with Crippen LogP contribution in [0.25, 0.3) is 0 Å². The van der Waals surface area contributed by atoms with Crippen LogP contribution in [0.2, 0.25) is 0 Å². The third kappa shape index (κ3) is 5.88. The Balaban J connectivity index is 2.04. The molecule has 0 aromatic rings. The number of rotatable bonds is 6. The summed E-state index contributed by atoms with van der Waals surface area (Å²) in [4.78, 5) is 5.17. The van der Waals surface area contributed by atoms with Crippen LogP contribution in [0.5, 0.6) is 0 Å². The van der Waals surface area contributed by atoms with Crippen LogP contribution in [0.3, 0.4) is 0 Å². The van der Waals surface area contributed by atoms with Gasteiger partial charge < -0.3 is 4.90 Å². The smallest absolute Gasteiger partial charge is 0.0159 e. The van der Waals surface area contributed by atoms with E-state index in [0.29, 0.717) is 0 Å². The number of piperazine rings is 1. The predicted octanol–water partition coefficient (Wildman–Crippen LogP) is 2.44. The Morgan fingerprint density at radius 3 is 2.00 bits per heavy atom. The number of nitrogens with zero attached hydrogens (tertiary/aromatic N) is 2. The summed E-state index contributed by atoms with van der Waals surface area (Å²) in [5.41, 5.74) is 0. The van der Waals surface area contributed by atoms with Crippen molar-refractivity contribution in [1.82, 2.24) is 9.80 Å². The van der Waals surface area contributed by atoms with Crippen molar-refractivity contribution in [3.8, 4) is 0 Å². The molecule has 90 valence electrons. The van der Waals surface area contributed by atoms with Crippen LogP contribution in [0.4, 0.5) is 0 Å². The second-order valence-corrected chi connectivity index (χ2v) is 5.70. The third-order valence-corrected chi connectivity index (χ3v) is 3.48. The van der Waals surface area contributed by atoms with E-state index in [4.69, 9.17) is 0 Å². The lowest BCUT2D eigenvalue weighted by atomic mass is 10.1. The van der Waals surface area contributed by atoms with Crippen molar-refractivity contribution in [2.24, 2.45) is 5.92 Å². The summed E-state index contributed by atoms with van der Waals surface area (Å²) >= 11 is 3.50.